The van der Waals surface area contributed by atoms with Gasteiger partial charge in [0, 0.05) is 30.6 Å². The van der Waals surface area contributed by atoms with E-state index >= 15 is 0 Å². The normalized spacial score (nSPS) is 19.5. The topological polar surface area (TPSA) is 105 Å². The summed E-state index contributed by atoms with van der Waals surface area (Å²) in [6, 6.07) is 10.2. The summed E-state index contributed by atoms with van der Waals surface area (Å²) < 4.78 is 33.1. The van der Waals surface area contributed by atoms with E-state index in [4.69, 9.17) is 4.52 Å². The third-order valence-electron chi connectivity index (χ3n) is 5.83. The molecule has 0 saturated carbocycles. The Morgan fingerprint density at radius 1 is 1.18 bits per heavy atom. The Morgan fingerprint density at radius 3 is 2.58 bits per heavy atom. The van der Waals surface area contributed by atoms with Crippen molar-refractivity contribution < 1.29 is 17.7 Å². The predicted molar refractivity (Wildman–Crippen MR) is 127 cm³/mol. The second-order valence-electron chi connectivity index (χ2n) is 8.38. The Bertz CT molecular complexity index is 1160. The number of hydrogen-bond donors (Lipinski definition) is 1. The van der Waals surface area contributed by atoms with Crippen LogP contribution in [-0.4, -0.2) is 40.9 Å². The maximum absolute atomic E-state index is 13.1. The van der Waals surface area contributed by atoms with Crippen molar-refractivity contribution >= 4 is 33.0 Å². The van der Waals surface area contributed by atoms with Crippen LogP contribution in [0.25, 0.3) is 10.7 Å². The van der Waals surface area contributed by atoms with Crippen LogP contribution in [0.1, 0.15) is 51.8 Å². The standard InChI is InChI=1S/C23H28N4O4S2/c1-16-6-3-7-17(2)27(16)33(29,30)19-13-11-18(12-14-19)24-21(28)9-4-10-22-25-23(26-31-22)20-8-5-15-32-20/h5,8,11-17H,3-4,6-7,9-10H2,1-2H3,(H,24,28). The van der Waals surface area contributed by atoms with Crippen molar-refractivity contribution in [1.82, 2.24) is 14.4 Å². The fourth-order valence-corrected chi connectivity index (χ4v) is 6.72. The monoisotopic (exact) mass is 488 g/mol. The smallest absolute Gasteiger partial charge is 0.243 e. The van der Waals surface area contributed by atoms with Crippen molar-refractivity contribution in [3.63, 3.8) is 0 Å². The number of nitrogens with zero attached hydrogens (tertiary/aromatic N) is 3. The molecule has 3 aromatic rings. The number of nitrogens with one attached hydrogen (secondary N) is 1. The van der Waals surface area contributed by atoms with Gasteiger partial charge in [-0.1, -0.05) is 17.6 Å². The van der Waals surface area contributed by atoms with Crippen LogP contribution in [0.4, 0.5) is 5.69 Å². The minimum absolute atomic E-state index is 0.0154. The zero-order valence-corrected chi connectivity index (χ0v) is 20.4. The summed E-state index contributed by atoms with van der Waals surface area (Å²) >= 11 is 1.54. The highest BCUT2D eigenvalue weighted by atomic mass is 32.2. The van der Waals surface area contributed by atoms with Gasteiger partial charge in [-0.05, 0) is 68.8 Å². The summed E-state index contributed by atoms with van der Waals surface area (Å²) in [5.74, 6) is 0.914. The van der Waals surface area contributed by atoms with Gasteiger partial charge in [0.05, 0.1) is 9.77 Å². The van der Waals surface area contributed by atoms with E-state index in [0.29, 0.717) is 36.7 Å². The summed E-state index contributed by atoms with van der Waals surface area (Å²) in [5, 5.41) is 8.74. The Hall–Kier alpha value is -2.56. The molecule has 1 aromatic carbocycles. The van der Waals surface area contributed by atoms with Gasteiger partial charge in [-0.25, -0.2) is 8.42 Å². The molecule has 1 aliphatic heterocycles. The number of rotatable bonds is 8. The lowest BCUT2D eigenvalue weighted by Gasteiger charge is -2.37. The number of carbonyl (C=O) groups excluding carboxylic acids is 1. The van der Waals surface area contributed by atoms with E-state index in [1.54, 1.807) is 39.9 Å². The molecule has 2 unspecified atom stereocenters. The number of benzene rings is 1. The lowest BCUT2D eigenvalue weighted by Crippen LogP contribution is -2.47. The van der Waals surface area contributed by atoms with E-state index in [9.17, 15) is 13.2 Å². The maximum Gasteiger partial charge on any atom is 0.243 e. The van der Waals surface area contributed by atoms with Crippen LogP contribution in [-0.2, 0) is 21.2 Å². The minimum Gasteiger partial charge on any atom is -0.339 e. The van der Waals surface area contributed by atoms with E-state index < -0.39 is 10.0 Å². The van der Waals surface area contributed by atoms with Crippen molar-refractivity contribution in [2.75, 3.05) is 5.32 Å². The van der Waals surface area contributed by atoms with Gasteiger partial charge < -0.3 is 9.84 Å². The molecule has 1 amide bonds. The lowest BCUT2D eigenvalue weighted by atomic mass is 10.0. The van der Waals surface area contributed by atoms with Crippen LogP contribution in [0.2, 0.25) is 0 Å². The lowest BCUT2D eigenvalue weighted by molar-refractivity contribution is -0.116. The average Bonchev–Trinajstić information content (AvgIpc) is 3.46. The van der Waals surface area contributed by atoms with Gasteiger partial charge in [0.15, 0.2) is 0 Å². The predicted octanol–water partition coefficient (Wildman–Crippen LogP) is 4.71. The molecule has 1 N–H and O–H groups in total. The summed E-state index contributed by atoms with van der Waals surface area (Å²) in [5.41, 5.74) is 0.566. The summed E-state index contributed by atoms with van der Waals surface area (Å²) in [6.07, 6.45) is 4.15. The largest absolute Gasteiger partial charge is 0.339 e. The summed E-state index contributed by atoms with van der Waals surface area (Å²) in [6.45, 7) is 3.91. The Kier molecular flexibility index (Phi) is 7.26. The molecule has 2 aromatic heterocycles. The highest BCUT2D eigenvalue weighted by Gasteiger charge is 2.35. The number of hydrogen-bond acceptors (Lipinski definition) is 7. The van der Waals surface area contributed by atoms with Crippen LogP contribution in [0.5, 0.6) is 0 Å². The first kappa shape index (κ1) is 23.6. The second-order valence-corrected chi connectivity index (χ2v) is 11.2. The fourth-order valence-electron chi connectivity index (χ4n) is 4.19. The number of carbonyl (C=O) groups is 1. The molecule has 10 heteroatoms. The number of thiophene rings is 1. The average molecular weight is 489 g/mol. The summed E-state index contributed by atoms with van der Waals surface area (Å²) in [4.78, 5) is 17.9. The van der Waals surface area contributed by atoms with E-state index in [1.165, 1.54) is 0 Å². The maximum atomic E-state index is 13.1. The van der Waals surface area contributed by atoms with Gasteiger partial charge in [0.1, 0.15) is 0 Å². The molecular formula is C23H28N4O4S2. The first-order chi connectivity index (χ1) is 15.8. The molecule has 1 fully saturated rings. The second kappa shape index (κ2) is 10.1. The molecular weight excluding hydrogens is 460 g/mol. The van der Waals surface area contributed by atoms with Gasteiger partial charge in [-0.15, -0.1) is 11.3 Å². The molecule has 3 heterocycles. The van der Waals surface area contributed by atoms with Crippen molar-refractivity contribution in [2.45, 2.75) is 69.4 Å². The Labute approximate surface area is 198 Å². The Morgan fingerprint density at radius 2 is 1.91 bits per heavy atom. The van der Waals surface area contributed by atoms with Gasteiger partial charge in [-0.3, -0.25) is 4.79 Å². The van der Waals surface area contributed by atoms with E-state index in [1.807, 2.05) is 31.4 Å². The van der Waals surface area contributed by atoms with Crippen LogP contribution in [0, 0.1) is 0 Å². The molecule has 33 heavy (non-hydrogen) atoms. The van der Waals surface area contributed by atoms with Crippen molar-refractivity contribution in [3.8, 4) is 10.7 Å². The van der Waals surface area contributed by atoms with Crippen LogP contribution in [0.15, 0.2) is 51.2 Å². The highest BCUT2D eigenvalue weighted by Crippen LogP contribution is 2.30. The molecule has 0 radical (unpaired) electrons. The van der Waals surface area contributed by atoms with E-state index in [0.717, 1.165) is 24.1 Å². The number of sulfonamides is 1. The quantitative estimate of drug-likeness (QED) is 0.492. The van der Waals surface area contributed by atoms with Crippen molar-refractivity contribution in [1.29, 1.82) is 0 Å². The van der Waals surface area contributed by atoms with E-state index in [-0.39, 0.29) is 22.9 Å². The number of anilines is 1. The molecule has 8 nitrogen and oxygen atoms in total. The zero-order valence-electron chi connectivity index (χ0n) is 18.7. The van der Waals surface area contributed by atoms with Gasteiger partial charge in [0.2, 0.25) is 27.6 Å². The van der Waals surface area contributed by atoms with Gasteiger partial charge >= 0.3 is 0 Å². The first-order valence-corrected chi connectivity index (χ1v) is 13.5. The van der Waals surface area contributed by atoms with Crippen LogP contribution < -0.4 is 5.32 Å². The van der Waals surface area contributed by atoms with Gasteiger partial charge in [-0.2, -0.15) is 9.29 Å². The van der Waals surface area contributed by atoms with Crippen LogP contribution >= 0.6 is 11.3 Å². The molecule has 176 valence electrons. The fraction of sp³-hybridized carbons (Fsp3) is 0.435. The highest BCUT2D eigenvalue weighted by molar-refractivity contribution is 7.89. The number of aromatic nitrogens is 2. The van der Waals surface area contributed by atoms with Crippen molar-refractivity contribution in [2.24, 2.45) is 0 Å². The molecule has 0 spiro atoms. The SMILES string of the molecule is CC1CCCC(C)N1S(=O)(=O)c1ccc(NC(=O)CCCc2nc(-c3cccs3)no2)cc1. The molecule has 4 rings (SSSR count). The molecule has 1 saturated heterocycles. The van der Waals surface area contributed by atoms with E-state index in [2.05, 4.69) is 15.5 Å². The van der Waals surface area contributed by atoms with Crippen LogP contribution in [0.3, 0.4) is 0 Å². The third-order valence-corrected chi connectivity index (χ3v) is 8.84. The number of piperidine rings is 1. The van der Waals surface area contributed by atoms with Crippen molar-refractivity contribution in [3.05, 3.63) is 47.7 Å². The third kappa shape index (κ3) is 5.51. The number of aryl methyl sites for hydroxylation is 1. The number of amides is 1. The molecule has 1 aliphatic rings. The molecule has 0 aliphatic carbocycles. The Balaban J connectivity index is 1.29. The van der Waals surface area contributed by atoms with Gasteiger partial charge in [0.25, 0.3) is 0 Å². The molecule has 2 atom stereocenters. The zero-order chi connectivity index (χ0) is 23.4. The first-order valence-electron chi connectivity index (χ1n) is 11.1. The minimum atomic E-state index is -3.57. The molecule has 0 bridgehead atoms. The summed E-state index contributed by atoms with van der Waals surface area (Å²) in [7, 11) is -3.57.